The van der Waals surface area contributed by atoms with Gasteiger partial charge in [-0.2, -0.15) is 0 Å². The van der Waals surface area contributed by atoms with Crippen molar-refractivity contribution in [3.63, 3.8) is 0 Å². The van der Waals surface area contributed by atoms with E-state index in [9.17, 15) is 4.79 Å². The Balaban J connectivity index is 2.53. The molecule has 5 heteroatoms. The number of amides is 2. The molecule has 0 aromatic rings. The Morgan fingerprint density at radius 2 is 2.33 bits per heavy atom. The van der Waals surface area contributed by atoms with E-state index >= 15 is 0 Å². The number of hydrogen-bond donors (Lipinski definition) is 2. The molecule has 1 aliphatic rings. The molecule has 1 fully saturated rings. The van der Waals surface area contributed by atoms with Crippen LogP contribution in [0, 0.1) is 0 Å². The fourth-order valence-corrected chi connectivity index (χ4v) is 1.57. The number of nitrogens with zero attached hydrogens (tertiary/aromatic N) is 1. The maximum Gasteiger partial charge on any atom is 0.318 e. The van der Waals surface area contributed by atoms with Crippen molar-refractivity contribution in [3.05, 3.63) is 0 Å². The summed E-state index contributed by atoms with van der Waals surface area (Å²) in [5, 5.41) is 2.88. The summed E-state index contributed by atoms with van der Waals surface area (Å²) in [4.78, 5) is 13.6. The first kappa shape index (κ1) is 12.3. The van der Waals surface area contributed by atoms with Gasteiger partial charge in [0.1, 0.15) is 0 Å². The van der Waals surface area contributed by atoms with Crippen LogP contribution in [-0.2, 0) is 4.74 Å². The van der Waals surface area contributed by atoms with E-state index in [2.05, 4.69) is 5.32 Å². The van der Waals surface area contributed by atoms with Crippen LogP contribution in [-0.4, -0.2) is 48.8 Å². The van der Waals surface area contributed by atoms with Gasteiger partial charge in [0.25, 0.3) is 0 Å². The zero-order chi connectivity index (χ0) is 11.4. The van der Waals surface area contributed by atoms with Crippen LogP contribution < -0.4 is 11.1 Å². The molecule has 5 nitrogen and oxygen atoms in total. The molecule has 3 N–H and O–H groups in total. The Kier molecular flexibility index (Phi) is 4.35. The van der Waals surface area contributed by atoms with Crippen molar-refractivity contribution in [2.24, 2.45) is 5.73 Å². The highest BCUT2D eigenvalue weighted by atomic mass is 16.5. The SMILES string of the molecule is CC(C)NC(=O)N1CC(CN)OCC1C. The Labute approximate surface area is 90.9 Å². The molecule has 0 bridgehead atoms. The van der Waals surface area contributed by atoms with Crippen LogP contribution in [0.15, 0.2) is 0 Å². The van der Waals surface area contributed by atoms with E-state index in [1.54, 1.807) is 4.90 Å². The number of carbonyl (C=O) groups excluding carboxylic acids is 1. The van der Waals surface area contributed by atoms with Gasteiger partial charge in [-0.1, -0.05) is 0 Å². The number of rotatable bonds is 2. The van der Waals surface area contributed by atoms with Crippen LogP contribution in [0.1, 0.15) is 20.8 Å². The molecule has 15 heavy (non-hydrogen) atoms. The van der Waals surface area contributed by atoms with Gasteiger partial charge < -0.3 is 20.7 Å². The molecule has 0 spiro atoms. The second-order valence-electron chi connectivity index (χ2n) is 4.30. The lowest BCUT2D eigenvalue weighted by atomic mass is 10.2. The van der Waals surface area contributed by atoms with Crippen LogP contribution in [0.3, 0.4) is 0 Å². The van der Waals surface area contributed by atoms with Crippen LogP contribution in [0.4, 0.5) is 4.79 Å². The van der Waals surface area contributed by atoms with Gasteiger partial charge in [-0.25, -0.2) is 4.79 Å². The summed E-state index contributed by atoms with van der Waals surface area (Å²) in [6, 6.07) is 0.245. The van der Waals surface area contributed by atoms with Gasteiger partial charge >= 0.3 is 6.03 Å². The average molecular weight is 215 g/mol. The maximum absolute atomic E-state index is 11.8. The van der Waals surface area contributed by atoms with Crippen molar-refractivity contribution in [2.45, 2.75) is 39.0 Å². The van der Waals surface area contributed by atoms with Gasteiger partial charge in [0.2, 0.25) is 0 Å². The molecule has 0 saturated carbocycles. The topological polar surface area (TPSA) is 67.6 Å². The first-order chi connectivity index (χ1) is 7.04. The van der Waals surface area contributed by atoms with Crippen molar-refractivity contribution in [1.29, 1.82) is 0 Å². The zero-order valence-electron chi connectivity index (χ0n) is 9.69. The summed E-state index contributed by atoms with van der Waals surface area (Å²) >= 11 is 0. The third-order valence-corrected chi connectivity index (χ3v) is 2.44. The third-order valence-electron chi connectivity index (χ3n) is 2.44. The van der Waals surface area contributed by atoms with E-state index in [-0.39, 0.29) is 24.2 Å². The minimum atomic E-state index is -0.0286. The summed E-state index contributed by atoms with van der Waals surface area (Å²) in [5.74, 6) is 0. The van der Waals surface area contributed by atoms with Gasteiger partial charge in [0.05, 0.1) is 25.3 Å². The van der Waals surface area contributed by atoms with E-state index in [1.807, 2.05) is 20.8 Å². The maximum atomic E-state index is 11.8. The van der Waals surface area contributed by atoms with Crippen molar-refractivity contribution in [1.82, 2.24) is 10.2 Å². The summed E-state index contributed by atoms with van der Waals surface area (Å²) in [5.41, 5.74) is 5.53. The number of urea groups is 1. The standard InChI is InChI=1S/C10H21N3O2/c1-7(2)12-10(14)13-5-9(4-11)15-6-8(13)3/h7-9H,4-6,11H2,1-3H3,(H,12,14). The first-order valence-corrected chi connectivity index (χ1v) is 5.43. The highest BCUT2D eigenvalue weighted by Gasteiger charge is 2.28. The van der Waals surface area contributed by atoms with E-state index < -0.39 is 0 Å². The number of hydrogen-bond acceptors (Lipinski definition) is 3. The minimum Gasteiger partial charge on any atom is -0.373 e. The summed E-state index contributed by atoms with van der Waals surface area (Å²) in [6.45, 7) is 7.47. The lowest BCUT2D eigenvalue weighted by Gasteiger charge is -2.37. The lowest BCUT2D eigenvalue weighted by molar-refractivity contribution is -0.0364. The van der Waals surface area contributed by atoms with Crippen molar-refractivity contribution >= 4 is 6.03 Å². The first-order valence-electron chi connectivity index (χ1n) is 5.43. The Hall–Kier alpha value is -0.810. The molecule has 1 aliphatic heterocycles. The van der Waals surface area contributed by atoms with Gasteiger partial charge in [-0.05, 0) is 20.8 Å². The number of ether oxygens (including phenoxy) is 1. The lowest BCUT2D eigenvalue weighted by Crippen LogP contribution is -2.56. The number of carbonyl (C=O) groups is 1. The predicted octanol–water partition coefficient (Wildman–Crippen LogP) is 0.152. The third kappa shape index (κ3) is 3.35. The Morgan fingerprint density at radius 1 is 1.67 bits per heavy atom. The van der Waals surface area contributed by atoms with E-state index in [4.69, 9.17) is 10.5 Å². The highest BCUT2D eigenvalue weighted by Crippen LogP contribution is 2.11. The van der Waals surface area contributed by atoms with Crippen LogP contribution >= 0.6 is 0 Å². The van der Waals surface area contributed by atoms with E-state index in [0.717, 1.165) is 0 Å². The molecule has 2 unspecified atom stereocenters. The summed E-state index contributed by atoms with van der Waals surface area (Å²) < 4.78 is 5.48. The second-order valence-corrected chi connectivity index (χ2v) is 4.30. The molecular weight excluding hydrogens is 194 g/mol. The largest absolute Gasteiger partial charge is 0.373 e. The molecule has 0 aromatic carbocycles. The summed E-state index contributed by atoms with van der Waals surface area (Å²) in [7, 11) is 0. The van der Waals surface area contributed by atoms with E-state index in [1.165, 1.54) is 0 Å². The summed E-state index contributed by atoms with van der Waals surface area (Å²) in [6.07, 6.45) is -0.0286. The zero-order valence-corrected chi connectivity index (χ0v) is 9.69. The molecule has 88 valence electrons. The molecule has 1 saturated heterocycles. The molecule has 1 rings (SSSR count). The van der Waals surface area contributed by atoms with Gasteiger partial charge in [-0.15, -0.1) is 0 Å². The number of nitrogens with one attached hydrogen (secondary N) is 1. The fraction of sp³-hybridized carbons (Fsp3) is 0.900. The molecule has 2 atom stereocenters. The Bertz CT molecular complexity index is 221. The fourth-order valence-electron chi connectivity index (χ4n) is 1.57. The average Bonchev–Trinajstić information content (AvgIpc) is 2.17. The van der Waals surface area contributed by atoms with Crippen molar-refractivity contribution < 1.29 is 9.53 Å². The smallest absolute Gasteiger partial charge is 0.318 e. The molecule has 0 aliphatic carbocycles. The van der Waals surface area contributed by atoms with Gasteiger partial charge in [0.15, 0.2) is 0 Å². The predicted molar refractivity (Wildman–Crippen MR) is 58.6 cm³/mol. The quantitative estimate of drug-likeness (QED) is 0.689. The molecule has 0 radical (unpaired) electrons. The molecular formula is C10H21N3O2. The second kappa shape index (κ2) is 5.32. The molecule has 0 aromatic heterocycles. The monoisotopic (exact) mass is 215 g/mol. The number of nitrogens with two attached hydrogens (primary N) is 1. The Morgan fingerprint density at radius 3 is 2.87 bits per heavy atom. The van der Waals surface area contributed by atoms with Crippen LogP contribution in [0.2, 0.25) is 0 Å². The molecule has 2 amide bonds. The molecule has 1 heterocycles. The van der Waals surface area contributed by atoms with Gasteiger partial charge in [-0.3, -0.25) is 0 Å². The normalized spacial score (nSPS) is 26.9. The van der Waals surface area contributed by atoms with E-state index in [0.29, 0.717) is 19.7 Å². The van der Waals surface area contributed by atoms with Gasteiger partial charge in [0, 0.05) is 12.6 Å². The number of morpholine rings is 1. The van der Waals surface area contributed by atoms with Crippen molar-refractivity contribution in [2.75, 3.05) is 19.7 Å². The minimum absolute atomic E-state index is 0.0285. The van der Waals surface area contributed by atoms with Crippen molar-refractivity contribution in [3.8, 4) is 0 Å². The van der Waals surface area contributed by atoms with Crippen LogP contribution in [0.5, 0.6) is 0 Å². The highest BCUT2D eigenvalue weighted by molar-refractivity contribution is 5.74. The van der Waals surface area contributed by atoms with Crippen LogP contribution in [0.25, 0.3) is 0 Å².